The van der Waals surface area contributed by atoms with Crippen molar-refractivity contribution in [2.45, 2.75) is 33.1 Å². The van der Waals surface area contributed by atoms with Crippen LogP contribution in [0.2, 0.25) is 0 Å². The number of aromatic nitrogens is 1. The third-order valence-corrected chi connectivity index (χ3v) is 4.83. The molecule has 1 N–H and O–H groups in total. The summed E-state index contributed by atoms with van der Waals surface area (Å²) < 4.78 is 0. The summed E-state index contributed by atoms with van der Waals surface area (Å²) in [6, 6.07) is 2.06. The Morgan fingerprint density at radius 2 is 2.10 bits per heavy atom. The number of aryl methyl sites for hydroxylation is 2. The van der Waals surface area contributed by atoms with Crippen molar-refractivity contribution in [1.82, 2.24) is 9.88 Å². The maximum absolute atomic E-state index is 12.2. The van der Waals surface area contributed by atoms with E-state index in [9.17, 15) is 4.79 Å². The molecule has 5 heteroatoms. The Morgan fingerprint density at radius 1 is 1.33 bits per heavy atom. The lowest BCUT2D eigenvalue weighted by Crippen LogP contribution is -2.36. The van der Waals surface area contributed by atoms with Crippen LogP contribution < -0.4 is 5.32 Å². The summed E-state index contributed by atoms with van der Waals surface area (Å²) in [4.78, 5) is 20.0. The molecule has 1 aliphatic rings. The number of anilines is 1. The topological polar surface area (TPSA) is 45.2 Å². The van der Waals surface area contributed by atoms with Gasteiger partial charge in [0, 0.05) is 16.5 Å². The Hall–Kier alpha value is -1.46. The zero-order chi connectivity index (χ0) is 14.8. The van der Waals surface area contributed by atoms with Crippen LogP contribution in [-0.4, -0.2) is 35.4 Å². The average Bonchev–Trinajstić information content (AvgIpc) is 2.82. The van der Waals surface area contributed by atoms with E-state index in [1.54, 1.807) is 11.3 Å². The van der Waals surface area contributed by atoms with Crippen molar-refractivity contribution in [3.63, 3.8) is 0 Å². The Kier molecular flexibility index (Phi) is 4.22. The van der Waals surface area contributed by atoms with Gasteiger partial charge in [0.05, 0.1) is 12.2 Å². The maximum atomic E-state index is 12.2. The molecule has 1 amide bonds. The first-order valence-corrected chi connectivity index (χ1v) is 8.39. The monoisotopic (exact) mass is 303 g/mol. The fraction of sp³-hybridized carbons (Fsp3) is 0.500. The highest BCUT2D eigenvalue weighted by atomic mass is 32.1. The molecule has 0 unspecified atom stereocenters. The molecule has 0 spiro atoms. The average molecular weight is 303 g/mol. The van der Waals surface area contributed by atoms with E-state index in [4.69, 9.17) is 0 Å². The molecule has 2 aromatic rings. The fourth-order valence-electron chi connectivity index (χ4n) is 2.99. The van der Waals surface area contributed by atoms with Crippen LogP contribution in [0.4, 0.5) is 5.69 Å². The molecule has 0 aromatic carbocycles. The minimum atomic E-state index is 0.0802. The zero-order valence-corrected chi connectivity index (χ0v) is 13.4. The third-order valence-electron chi connectivity index (χ3n) is 3.96. The van der Waals surface area contributed by atoms with Crippen LogP contribution >= 0.6 is 11.3 Å². The van der Waals surface area contributed by atoms with Gasteiger partial charge in [-0.25, -0.2) is 4.98 Å². The smallest absolute Gasteiger partial charge is 0.238 e. The van der Waals surface area contributed by atoms with Crippen LogP contribution in [0.15, 0.2) is 11.4 Å². The van der Waals surface area contributed by atoms with Crippen LogP contribution in [0.5, 0.6) is 0 Å². The highest BCUT2D eigenvalue weighted by Gasteiger charge is 2.16. The van der Waals surface area contributed by atoms with E-state index >= 15 is 0 Å². The predicted molar refractivity (Wildman–Crippen MR) is 88.0 cm³/mol. The maximum Gasteiger partial charge on any atom is 0.238 e. The van der Waals surface area contributed by atoms with Crippen molar-refractivity contribution in [1.29, 1.82) is 0 Å². The number of nitrogens with one attached hydrogen (secondary N) is 1. The van der Waals surface area contributed by atoms with Gasteiger partial charge >= 0.3 is 0 Å². The number of pyridine rings is 1. The number of hydrogen-bond acceptors (Lipinski definition) is 4. The number of piperidine rings is 1. The van der Waals surface area contributed by atoms with Crippen molar-refractivity contribution >= 4 is 33.1 Å². The number of likely N-dealkylation sites (tertiary alicyclic amines) is 1. The number of amides is 1. The molecular weight excluding hydrogens is 282 g/mol. The summed E-state index contributed by atoms with van der Waals surface area (Å²) in [7, 11) is 0. The molecule has 3 heterocycles. The van der Waals surface area contributed by atoms with Gasteiger partial charge in [-0.05, 0) is 51.4 Å². The molecule has 3 rings (SSSR count). The SMILES string of the molecule is Cc1cc(C)c2c(NC(=O)CN3CCCCC3)csc2n1. The van der Waals surface area contributed by atoms with Crippen LogP contribution in [-0.2, 0) is 4.79 Å². The lowest BCUT2D eigenvalue weighted by Gasteiger charge is -2.25. The van der Waals surface area contributed by atoms with Crippen molar-refractivity contribution in [2.24, 2.45) is 0 Å². The van der Waals surface area contributed by atoms with Gasteiger partial charge in [0.15, 0.2) is 0 Å². The molecule has 0 saturated carbocycles. The summed E-state index contributed by atoms with van der Waals surface area (Å²) in [5.74, 6) is 0.0802. The minimum Gasteiger partial charge on any atom is -0.324 e. The molecule has 1 saturated heterocycles. The second-order valence-corrected chi connectivity index (χ2v) is 6.65. The first-order chi connectivity index (χ1) is 10.1. The van der Waals surface area contributed by atoms with Gasteiger partial charge in [-0.1, -0.05) is 6.42 Å². The molecular formula is C16H21N3OS. The molecule has 21 heavy (non-hydrogen) atoms. The third kappa shape index (κ3) is 3.24. The predicted octanol–water partition coefficient (Wildman–Crippen LogP) is 3.34. The van der Waals surface area contributed by atoms with Crippen molar-refractivity contribution in [3.8, 4) is 0 Å². The van der Waals surface area contributed by atoms with Crippen LogP contribution in [0.1, 0.15) is 30.5 Å². The number of carbonyl (C=O) groups is 1. The Balaban J connectivity index is 1.74. The van der Waals surface area contributed by atoms with E-state index in [1.807, 2.05) is 12.3 Å². The molecule has 1 aliphatic heterocycles. The summed E-state index contributed by atoms with van der Waals surface area (Å²) in [5, 5.41) is 6.14. The number of thiophene rings is 1. The molecule has 2 aromatic heterocycles. The highest BCUT2D eigenvalue weighted by Crippen LogP contribution is 2.31. The number of carbonyl (C=O) groups excluding carboxylic acids is 1. The molecule has 0 radical (unpaired) electrons. The lowest BCUT2D eigenvalue weighted by molar-refractivity contribution is -0.117. The highest BCUT2D eigenvalue weighted by molar-refractivity contribution is 7.17. The standard InChI is InChI=1S/C16H21N3OS/c1-11-8-12(2)17-16-15(11)13(10-21-16)18-14(20)9-19-6-4-3-5-7-19/h8,10H,3-7,9H2,1-2H3,(H,18,20). The summed E-state index contributed by atoms with van der Waals surface area (Å²) >= 11 is 1.59. The quantitative estimate of drug-likeness (QED) is 0.946. The van der Waals surface area contributed by atoms with E-state index < -0.39 is 0 Å². The minimum absolute atomic E-state index is 0.0802. The summed E-state index contributed by atoms with van der Waals surface area (Å²) in [6.45, 7) is 6.65. The molecule has 1 fully saturated rings. The molecule has 0 aliphatic carbocycles. The largest absolute Gasteiger partial charge is 0.324 e. The van der Waals surface area contributed by atoms with E-state index in [2.05, 4.69) is 28.2 Å². The lowest BCUT2D eigenvalue weighted by atomic mass is 10.1. The Bertz CT molecular complexity index is 659. The summed E-state index contributed by atoms with van der Waals surface area (Å²) in [5.41, 5.74) is 3.10. The van der Waals surface area contributed by atoms with Crippen molar-refractivity contribution in [3.05, 3.63) is 22.7 Å². The van der Waals surface area contributed by atoms with Crippen LogP contribution in [0, 0.1) is 13.8 Å². The van der Waals surface area contributed by atoms with Gasteiger partial charge in [-0.15, -0.1) is 11.3 Å². The van der Waals surface area contributed by atoms with Crippen molar-refractivity contribution < 1.29 is 4.79 Å². The molecule has 0 bridgehead atoms. The molecule has 112 valence electrons. The first kappa shape index (κ1) is 14.5. The molecule has 4 nitrogen and oxygen atoms in total. The van der Waals surface area contributed by atoms with Gasteiger partial charge in [0.1, 0.15) is 4.83 Å². The van der Waals surface area contributed by atoms with E-state index in [-0.39, 0.29) is 5.91 Å². The molecule has 0 atom stereocenters. The van der Waals surface area contributed by atoms with E-state index in [0.717, 1.165) is 34.7 Å². The fourth-order valence-corrected chi connectivity index (χ4v) is 3.98. The van der Waals surface area contributed by atoms with Crippen molar-refractivity contribution in [2.75, 3.05) is 25.0 Å². The number of fused-ring (bicyclic) bond motifs is 1. The van der Waals surface area contributed by atoms with Gasteiger partial charge < -0.3 is 5.32 Å². The number of hydrogen-bond donors (Lipinski definition) is 1. The van der Waals surface area contributed by atoms with Gasteiger partial charge in [-0.2, -0.15) is 0 Å². The van der Waals surface area contributed by atoms with Gasteiger partial charge in [0.25, 0.3) is 0 Å². The van der Waals surface area contributed by atoms with Crippen LogP contribution in [0.3, 0.4) is 0 Å². The van der Waals surface area contributed by atoms with E-state index in [1.165, 1.54) is 24.8 Å². The first-order valence-electron chi connectivity index (χ1n) is 7.51. The second-order valence-electron chi connectivity index (χ2n) is 5.80. The van der Waals surface area contributed by atoms with Gasteiger partial charge in [0.2, 0.25) is 5.91 Å². The Morgan fingerprint density at radius 3 is 2.86 bits per heavy atom. The number of nitrogens with zero attached hydrogens (tertiary/aromatic N) is 2. The van der Waals surface area contributed by atoms with Gasteiger partial charge in [-0.3, -0.25) is 9.69 Å². The normalized spacial score (nSPS) is 16.3. The second kappa shape index (κ2) is 6.12. The number of rotatable bonds is 3. The summed E-state index contributed by atoms with van der Waals surface area (Å²) in [6.07, 6.45) is 3.70. The van der Waals surface area contributed by atoms with Crippen LogP contribution in [0.25, 0.3) is 10.2 Å². The van der Waals surface area contributed by atoms with E-state index in [0.29, 0.717) is 6.54 Å². The zero-order valence-electron chi connectivity index (χ0n) is 12.6. The Labute approximate surface area is 129 Å².